The van der Waals surface area contributed by atoms with Gasteiger partial charge in [-0.3, -0.25) is 14.2 Å². The van der Waals surface area contributed by atoms with Crippen molar-refractivity contribution >= 4 is 44.5 Å². The fraction of sp³-hybridized carbons (Fsp3) is 0. The smallest absolute Gasteiger partial charge is 0.267 e. The zero-order chi connectivity index (χ0) is 18.5. The molecule has 0 bridgehead atoms. The molecule has 7 heteroatoms. The predicted molar refractivity (Wildman–Crippen MR) is 104 cm³/mol. The van der Waals surface area contributed by atoms with Crippen LogP contribution in [0.5, 0.6) is 0 Å². The summed E-state index contributed by atoms with van der Waals surface area (Å²) in [5.74, 6) is 0.103. The van der Waals surface area contributed by atoms with E-state index < -0.39 is 0 Å². The summed E-state index contributed by atoms with van der Waals surface area (Å²) < 4.78 is 2.62. The lowest BCUT2D eigenvalue weighted by Crippen LogP contribution is -2.31. The summed E-state index contributed by atoms with van der Waals surface area (Å²) >= 11 is 3.47. The van der Waals surface area contributed by atoms with Crippen LogP contribution in [0.15, 0.2) is 71.5 Å². The molecule has 0 N–H and O–H groups in total. The van der Waals surface area contributed by atoms with E-state index in [1.807, 2.05) is 18.2 Å². The average Bonchev–Trinajstić information content (AvgIpc) is 3.17. The minimum Gasteiger partial charge on any atom is -0.268 e. The molecule has 0 aliphatic carbocycles. The molecule has 3 heterocycles. The quantitative estimate of drug-likeness (QED) is 0.461. The van der Waals surface area contributed by atoms with Crippen LogP contribution in [-0.2, 0) is 0 Å². The van der Waals surface area contributed by atoms with Gasteiger partial charge in [0.1, 0.15) is 5.82 Å². The highest BCUT2D eigenvalue weighted by molar-refractivity contribution is 9.10. The van der Waals surface area contributed by atoms with Crippen molar-refractivity contribution in [2.75, 3.05) is 4.90 Å². The van der Waals surface area contributed by atoms with Gasteiger partial charge in [0.15, 0.2) is 0 Å². The largest absolute Gasteiger partial charge is 0.268 e. The number of anilines is 1. The maximum atomic E-state index is 13.0. The molecule has 4 aromatic rings. The summed E-state index contributed by atoms with van der Waals surface area (Å²) in [5.41, 5.74) is 1.60. The number of hydrogen-bond donors (Lipinski definition) is 0. The van der Waals surface area contributed by atoms with Crippen LogP contribution >= 0.6 is 15.9 Å². The molecular formula is C20H11BrN4O2. The fourth-order valence-corrected chi connectivity index (χ4v) is 3.73. The highest BCUT2D eigenvalue weighted by Crippen LogP contribution is 2.35. The van der Waals surface area contributed by atoms with Crippen molar-refractivity contribution < 1.29 is 9.59 Å². The van der Waals surface area contributed by atoms with Gasteiger partial charge in [0.05, 0.1) is 16.6 Å². The van der Waals surface area contributed by atoms with E-state index >= 15 is 0 Å². The molecule has 2 aromatic heterocycles. The Morgan fingerprint density at radius 2 is 1.48 bits per heavy atom. The molecule has 2 aromatic carbocycles. The second-order valence-electron chi connectivity index (χ2n) is 6.08. The number of halogens is 1. The van der Waals surface area contributed by atoms with Crippen LogP contribution in [0.2, 0.25) is 0 Å². The first-order valence-electron chi connectivity index (χ1n) is 8.21. The van der Waals surface area contributed by atoms with Crippen molar-refractivity contribution in [3.05, 3.63) is 82.6 Å². The van der Waals surface area contributed by atoms with Crippen molar-refractivity contribution in [3.63, 3.8) is 0 Å². The zero-order valence-corrected chi connectivity index (χ0v) is 15.4. The van der Waals surface area contributed by atoms with Crippen LogP contribution < -0.4 is 4.90 Å². The van der Waals surface area contributed by atoms with Gasteiger partial charge in [-0.2, -0.15) is 0 Å². The van der Waals surface area contributed by atoms with Gasteiger partial charge in [-0.25, -0.2) is 14.9 Å². The van der Waals surface area contributed by atoms with E-state index in [-0.39, 0.29) is 11.8 Å². The SMILES string of the molecule is O=C1c2ccccc2C(=O)N1c1cc2cc(Br)ccc2n1-c1ncccn1. The molecule has 1 aliphatic heterocycles. The van der Waals surface area contributed by atoms with Crippen LogP contribution in [0, 0.1) is 0 Å². The van der Waals surface area contributed by atoms with E-state index in [0.717, 1.165) is 15.4 Å². The van der Waals surface area contributed by atoms with Crippen LogP contribution in [0.1, 0.15) is 20.7 Å². The Balaban J connectivity index is 1.80. The first kappa shape index (κ1) is 15.9. The van der Waals surface area contributed by atoms with Gasteiger partial charge in [0.2, 0.25) is 5.95 Å². The molecule has 0 saturated carbocycles. The van der Waals surface area contributed by atoms with Crippen molar-refractivity contribution in [2.24, 2.45) is 0 Å². The summed E-state index contributed by atoms with van der Waals surface area (Å²) in [4.78, 5) is 35.8. The summed E-state index contributed by atoms with van der Waals surface area (Å²) in [6, 6.07) is 16.1. The number of hydrogen-bond acceptors (Lipinski definition) is 4. The maximum absolute atomic E-state index is 13.0. The lowest BCUT2D eigenvalue weighted by Gasteiger charge is -2.16. The average molecular weight is 419 g/mol. The van der Waals surface area contributed by atoms with E-state index in [9.17, 15) is 9.59 Å². The van der Waals surface area contributed by atoms with Crippen LogP contribution in [-0.4, -0.2) is 26.3 Å². The number of imide groups is 1. The number of benzene rings is 2. The molecule has 130 valence electrons. The topological polar surface area (TPSA) is 68.1 Å². The van der Waals surface area contributed by atoms with Crippen molar-refractivity contribution in [1.29, 1.82) is 0 Å². The zero-order valence-electron chi connectivity index (χ0n) is 13.8. The minimum absolute atomic E-state index is 0.352. The molecule has 0 spiro atoms. The Morgan fingerprint density at radius 3 is 2.15 bits per heavy atom. The van der Waals surface area contributed by atoms with Gasteiger partial charge in [0.25, 0.3) is 11.8 Å². The van der Waals surface area contributed by atoms with Crippen molar-refractivity contribution in [1.82, 2.24) is 14.5 Å². The number of aromatic nitrogens is 3. The highest BCUT2D eigenvalue weighted by Gasteiger charge is 2.38. The van der Waals surface area contributed by atoms with E-state index in [1.165, 1.54) is 4.90 Å². The third-order valence-corrected chi connectivity index (χ3v) is 5.01. The minimum atomic E-state index is -0.352. The molecule has 1 aliphatic rings. The summed E-state index contributed by atoms with van der Waals surface area (Å²) in [6.07, 6.45) is 3.25. The maximum Gasteiger partial charge on any atom is 0.267 e. The Kier molecular flexibility index (Phi) is 3.45. The van der Waals surface area contributed by atoms with Crippen molar-refractivity contribution in [3.8, 4) is 5.95 Å². The van der Waals surface area contributed by atoms with Crippen molar-refractivity contribution in [2.45, 2.75) is 0 Å². The standard InChI is InChI=1S/C20H11BrN4O2/c21-13-6-7-16-12(10-13)11-17(24(16)20-22-8-3-9-23-20)25-18(26)14-4-1-2-5-15(14)19(25)27/h1-11H. The number of carbonyl (C=O) groups is 2. The molecule has 5 rings (SSSR count). The Bertz CT molecular complexity index is 1200. The first-order chi connectivity index (χ1) is 13.1. The molecule has 6 nitrogen and oxygen atoms in total. The van der Waals surface area contributed by atoms with Gasteiger partial charge in [-0.05, 0) is 42.5 Å². The Labute approximate surface area is 162 Å². The molecule has 27 heavy (non-hydrogen) atoms. The third kappa shape index (κ3) is 2.32. The Morgan fingerprint density at radius 1 is 0.815 bits per heavy atom. The van der Waals surface area contributed by atoms with E-state index in [2.05, 4.69) is 25.9 Å². The number of rotatable bonds is 2. The molecule has 0 radical (unpaired) electrons. The number of carbonyl (C=O) groups excluding carboxylic acids is 2. The molecule has 0 atom stereocenters. The van der Waals surface area contributed by atoms with Gasteiger partial charge in [-0.15, -0.1) is 0 Å². The van der Waals surface area contributed by atoms with Gasteiger partial charge >= 0.3 is 0 Å². The lowest BCUT2D eigenvalue weighted by molar-refractivity contribution is 0.0924. The summed E-state index contributed by atoms with van der Waals surface area (Å²) in [7, 11) is 0. The highest BCUT2D eigenvalue weighted by atomic mass is 79.9. The lowest BCUT2D eigenvalue weighted by atomic mass is 10.1. The normalized spacial score (nSPS) is 13.4. The van der Waals surface area contributed by atoms with Gasteiger partial charge in [-0.1, -0.05) is 28.1 Å². The third-order valence-electron chi connectivity index (χ3n) is 4.52. The van der Waals surface area contributed by atoms with E-state index in [1.54, 1.807) is 53.4 Å². The van der Waals surface area contributed by atoms with E-state index in [0.29, 0.717) is 22.9 Å². The second-order valence-corrected chi connectivity index (χ2v) is 7.00. The Hall–Kier alpha value is -3.32. The molecule has 0 saturated heterocycles. The van der Waals surface area contributed by atoms with Gasteiger partial charge < -0.3 is 0 Å². The molecular weight excluding hydrogens is 408 g/mol. The van der Waals surface area contributed by atoms with Gasteiger partial charge in [0, 0.05) is 22.3 Å². The van der Waals surface area contributed by atoms with Crippen LogP contribution in [0.3, 0.4) is 0 Å². The number of fused-ring (bicyclic) bond motifs is 2. The second kappa shape index (κ2) is 5.85. The number of nitrogens with zero attached hydrogens (tertiary/aromatic N) is 4. The summed E-state index contributed by atoms with van der Waals surface area (Å²) in [6.45, 7) is 0. The first-order valence-corrected chi connectivity index (χ1v) is 9.00. The fourth-order valence-electron chi connectivity index (χ4n) is 3.35. The molecule has 2 amide bonds. The van der Waals surface area contributed by atoms with Crippen LogP contribution in [0.25, 0.3) is 16.9 Å². The number of amides is 2. The molecule has 0 fully saturated rings. The van der Waals surface area contributed by atoms with Crippen LogP contribution in [0.4, 0.5) is 5.82 Å². The van der Waals surface area contributed by atoms with E-state index in [4.69, 9.17) is 0 Å². The molecule has 0 unspecified atom stereocenters. The monoisotopic (exact) mass is 418 g/mol. The predicted octanol–water partition coefficient (Wildman–Crippen LogP) is 3.98. The summed E-state index contributed by atoms with van der Waals surface area (Å²) in [5, 5.41) is 0.864.